The second-order valence-corrected chi connectivity index (χ2v) is 5.02. The molecule has 2 N–H and O–H groups in total. The summed E-state index contributed by atoms with van der Waals surface area (Å²) >= 11 is 0. The highest BCUT2D eigenvalue weighted by Crippen LogP contribution is 2.18. The Bertz CT molecular complexity index is 783. The van der Waals surface area contributed by atoms with E-state index in [1.807, 2.05) is 0 Å². The number of carboxylic acids is 1. The summed E-state index contributed by atoms with van der Waals surface area (Å²) in [5.41, 5.74) is -0.0725. The smallest absolute Gasteiger partial charge is 0.308 e. The summed E-state index contributed by atoms with van der Waals surface area (Å²) in [6, 6.07) is 6.80. The third-order valence-electron chi connectivity index (χ3n) is 3.70. The van der Waals surface area contributed by atoms with Gasteiger partial charge in [0.1, 0.15) is 0 Å². The van der Waals surface area contributed by atoms with E-state index < -0.39 is 23.2 Å². The molecule has 2 heterocycles. The molecule has 0 radical (unpaired) electrons. The first-order valence-corrected chi connectivity index (χ1v) is 6.57. The molecule has 2 aromatic rings. The molecule has 21 heavy (non-hydrogen) atoms. The number of hydrogen-bond donors (Lipinski definition) is 2. The van der Waals surface area contributed by atoms with E-state index in [0.717, 1.165) is 0 Å². The number of carbonyl (C=O) groups excluding carboxylic acids is 1. The maximum Gasteiger partial charge on any atom is 0.308 e. The number of aromatic amines is 1. The Kier molecular flexibility index (Phi) is 3.17. The SMILES string of the molecule is O=C(O)[C@H]1CCN(C(=O)c2n[nH]c3ccccc3c2=O)C1. The molecule has 108 valence electrons. The van der Waals surface area contributed by atoms with Crippen molar-refractivity contribution in [2.24, 2.45) is 5.92 Å². The molecule has 1 amide bonds. The number of carbonyl (C=O) groups is 2. The number of hydrogen-bond acceptors (Lipinski definition) is 4. The van der Waals surface area contributed by atoms with Crippen molar-refractivity contribution in [1.82, 2.24) is 15.1 Å². The first-order valence-electron chi connectivity index (χ1n) is 6.57. The molecular weight excluding hydrogens is 274 g/mol. The summed E-state index contributed by atoms with van der Waals surface area (Å²) in [6.07, 6.45) is 0.395. The van der Waals surface area contributed by atoms with Crippen LogP contribution in [0.15, 0.2) is 29.1 Å². The van der Waals surface area contributed by atoms with Crippen molar-refractivity contribution in [2.45, 2.75) is 6.42 Å². The van der Waals surface area contributed by atoms with Gasteiger partial charge in [0.2, 0.25) is 5.43 Å². The van der Waals surface area contributed by atoms with E-state index >= 15 is 0 Å². The van der Waals surface area contributed by atoms with Crippen LogP contribution >= 0.6 is 0 Å². The number of fused-ring (bicyclic) bond motifs is 1. The van der Waals surface area contributed by atoms with E-state index in [4.69, 9.17) is 5.11 Å². The fourth-order valence-corrected chi connectivity index (χ4v) is 2.51. The quantitative estimate of drug-likeness (QED) is 0.835. The van der Waals surface area contributed by atoms with E-state index in [1.165, 1.54) is 4.90 Å². The van der Waals surface area contributed by atoms with Gasteiger partial charge in [0.25, 0.3) is 5.91 Å². The zero-order chi connectivity index (χ0) is 15.0. The van der Waals surface area contributed by atoms with E-state index in [9.17, 15) is 14.4 Å². The maximum atomic E-state index is 12.3. The van der Waals surface area contributed by atoms with Crippen LogP contribution in [-0.2, 0) is 4.79 Å². The van der Waals surface area contributed by atoms with Crippen molar-refractivity contribution in [3.8, 4) is 0 Å². The monoisotopic (exact) mass is 287 g/mol. The molecule has 1 saturated heterocycles. The van der Waals surface area contributed by atoms with Crippen molar-refractivity contribution in [2.75, 3.05) is 13.1 Å². The minimum absolute atomic E-state index is 0.113. The molecule has 3 rings (SSSR count). The Morgan fingerprint density at radius 2 is 2.10 bits per heavy atom. The molecule has 1 aromatic heterocycles. The highest BCUT2D eigenvalue weighted by atomic mass is 16.4. The molecule has 1 aliphatic heterocycles. The van der Waals surface area contributed by atoms with Crippen LogP contribution in [0, 0.1) is 5.92 Å². The van der Waals surface area contributed by atoms with Crippen molar-refractivity contribution in [1.29, 1.82) is 0 Å². The lowest BCUT2D eigenvalue weighted by atomic mass is 10.1. The van der Waals surface area contributed by atoms with Gasteiger partial charge >= 0.3 is 5.97 Å². The van der Waals surface area contributed by atoms with Crippen LogP contribution in [0.25, 0.3) is 10.9 Å². The Labute approximate surface area is 119 Å². The number of amides is 1. The summed E-state index contributed by atoms with van der Waals surface area (Å²) in [7, 11) is 0. The fourth-order valence-electron chi connectivity index (χ4n) is 2.51. The second kappa shape index (κ2) is 5.01. The van der Waals surface area contributed by atoms with Gasteiger partial charge in [-0.3, -0.25) is 19.5 Å². The van der Waals surface area contributed by atoms with Gasteiger partial charge in [-0.15, -0.1) is 0 Å². The Morgan fingerprint density at radius 1 is 1.33 bits per heavy atom. The van der Waals surface area contributed by atoms with Crippen molar-refractivity contribution in [3.63, 3.8) is 0 Å². The molecule has 0 aliphatic carbocycles. The van der Waals surface area contributed by atoms with Crippen LogP contribution < -0.4 is 5.43 Å². The largest absolute Gasteiger partial charge is 0.481 e. The summed E-state index contributed by atoms with van der Waals surface area (Å²) < 4.78 is 0. The number of nitrogens with one attached hydrogen (secondary N) is 1. The number of aliphatic carboxylic acids is 1. The lowest BCUT2D eigenvalue weighted by Gasteiger charge is -2.14. The summed E-state index contributed by atoms with van der Waals surface area (Å²) in [5, 5.41) is 15.9. The predicted molar refractivity (Wildman–Crippen MR) is 74.0 cm³/mol. The number of H-pyrrole nitrogens is 1. The Balaban J connectivity index is 1.94. The third kappa shape index (κ3) is 2.26. The minimum Gasteiger partial charge on any atom is -0.481 e. The maximum absolute atomic E-state index is 12.3. The number of likely N-dealkylation sites (tertiary alicyclic amines) is 1. The predicted octanol–water partition coefficient (Wildman–Crippen LogP) is 0.470. The third-order valence-corrected chi connectivity index (χ3v) is 3.70. The first kappa shape index (κ1) is 13.3. The number of nitrogens with zero attached hydrogens (tertiary/aromatic N) is 2. The zero-order valence-corrected chi connectivity index (χ0v) is 11.1. The molecule has 1 atom stereocenters. The highest BCUT2D eigenvalue weighted by molar-refractivity contribution is 5.95. The molecule has 0 unspecified atom stereocenters. The molecule has 0 bridgehead atoms. The lowest BCUT2D eigenvalue weighted by Crippen LogP contribution is -2.34. The molecule has 0 saturated carbocycles. The van der Waals surface area contributed by atoms with Crippen molar-refractivity contribution >= 4 is 22.8 Å². The molecule has 1 aromatic carbocycles. The number of carboxylic acid groups (broad SMARTS) is 1. The van der Waals surface area contributed by atoms with Gasteiger partial charge in [-0.2, -0.15) is 5.10 Å². The minimum atomic E-state index is -0.925. The van der Waals surface area contributed by atoms with Gasteiger partial charge in [0.05, 0.1) is 11.4 Å². The van der Waals surface area contributed by atoms with Crippen molar-refractivity contribution in [3.05, 3.63) is 40.2 Å². The molecule has 1 fully saturated rings. The van der Waals surface area contributed by atoms with Crippen LogP contribution in [0.3, 0.4) is 0 Å². The zero-order valence-electron chi connectivity index (χ0n) is 11.1. The Hall–Kier alpha value is -2.70. The molecule has 0 spiro atoms. The number of aromatic nitrogens is 2. The first-order chi connectivity index (χ1) is 10.1. The van der Waals surface area contributed by atoms with Crippen LogP contribution in [0.5, 0.6) is 0 Å². The van der Waals surface area contributed by atoms with Crippen LogP contribution in [-0.4, -0.2) is 45.2 Å². The van der Waals surface area contributed by atoms with Gasteiger partial charge in [-0.25, -0.2) is 0 Å². The van der Waals surface area contributed by atoms with Crippen LogP contribution in [0.2, 0.25) is 0 Å². The second-order valence-electron chi connectivity index (χ2n) is 5.02. The van der Waals surface area contributed by atoms with E-state index in [1.54, 1.807) is 24.3 Å². The van der Waals surface area contributed by atoms with Gasteiger partial charge < -0.3 is 10.0 Å². The van der Waals surface area contributed by atoms with E-state index in [2.05, 4.69) is 10.2 Å². The number of para-hydroxylation sites is 1. The average Bonchev–Trinajstić information content (AvgIpc) is 2.97. The van der Waals surface area contributed by atoms with Crippen molar-refractivity contribution < 1.29 is 14.7 Å². The summed E-state index contributed by atoms with van der Waals surface area (Å²) in [4.78, 5) is 36.9. The fraction of sp³-hybridized carbons (Fsp3) is 0.286. The normalized spacial score (nSPS) is 18.1. The van der Waals surface area contributed by atoms with Gasteiger partial charge in [0.15, 0.2) is 5.69 Å². The van der Waals surface area contributed by atoms with Gasteiger partial charge in [-0.1, -0.05) is 12.1 Å². The highest BCUT2D eigenvalue weighted by Gasteiger charge is 2.32. The molecule has 1 aliphatic rings. The van der Waals surface area contributed by atoms with Crippen LogP contribution in [0.1, 0.15) is 16.9 Å². The number of benzene rings is 1. The lowest BCUT2D eigenvalue weighted by molar-refractivity contribution is -0.141. The molecular formula is C14H13N3O4. The van der Waals surface area contributed by atoms with E-state index in [-0.39, 0.29) is 12.2 Å². The van der Waals surface area contributed by atoms with E-state index in [0.29, 0.717) is 23.9 Å². The average molecular weight is 287 g/mol. The Morgan fingerprint density at radius 3 is 2.81 bits per heavy atom. The number of rotatable bonds is 2. The van der Waals surface area contributed by atoms with Crippen LogP contribution in [0.4, 0.5) is 0 Å². The summed E-state index contributed by atoms with van der Waals surface area (Å²) in [5.74, 6) is -2.02. The molecule has 7 heteroatoms. The van der Waals surface area contributed by atoms with Gasteiger partial charge in [0, 0.05) is 18.5 Å². The molecule has 7 nitrogen and oxygen atoms in total. The topological polar surface area (TPSA) is 103 Å². The summed E-state index contributed by atoms with van der Waals surface area (Å²) in [6.45, 7) is 0.436. The standard InChI is InChI=1S/C14H13N3O4/c18-12-9-3-1-2-4-10(9)15-16-11(12)13(19)17-6-5-8(7-17)14(20)21/h1-4,8H,5-7H2,(H,15,18)(H,20,21)/t8-/m0/s1. The van der Waals surface area contributed by atoms with Gasteiger partial charge in [-0.05, 0) is 18.6 Å².